The van der Waals surface area contributed by atoms with Crippen molar-refractivity contribution in [1.82, 2.24) is 10.1 Å². The van der Waals surface area contributed by atoms with Gasteiger partial charge in [0.25, 0.3) is 0 Å². The van der Waals surface area contributed by atoms with Crippen molar-refractivity contribution < 1.29 is 14.4 Å². The second-order valence-corrected chi connectivity index (χ2v) is 6.03. The Morgan fingerprint density at radius 2 is 2.31 bits per heavy atom. The van der Waals surface area contributed by atoms with E-state index in [1.54, 1.807) is 13.8 Å². The fraction of sp³-hybridized carbons (Fsp3) is 0.700. The number of nitrogens with zero attached hydrogens (tertiary/aromatic N) is 2. The van der Waals surface area contributed by atoms with E-state index in [0.717, 1.165) is 12.8 Å². The number of hydrogen-bond acceptors (Lipinski definition) is 5. The van der Waals surface area contributed by atoms with Crippen molar-refractivity contribution in [1.29, 1.82) is 0 Å². The zero-order chi connectivity index (χ0) is 11.8. The van der Waals surface area contributed by atoms with Crippen molar-refractivity contribution in [2.24, 2.45) is 0 Å². The Morgan fingerprint density at radius 1 is 1.62 bits per heavy atom. The molecule has 16 heavy (non-hydrogen) atoms. The fourth-order valence-corrected chi connectivity index (χ4v) is 1.86. The predicted molar refractivity (Wildman–Crippen MR) is 59.3 cm³/mol. The first-order valence-electron chi connectivity index (χ1n) is 5.19. The second-order valence-electron chi connectivity index (χ2n) is 4.43. The van der Waals surface area contributed by atoms with E-state index >= 15 is 0 Å². The van der Waals surface area contributed by atoms with Crippen molar-refractivity contribution in [2.75, 3.05) is 0 Å². The molecule has 1 aliphatic rings. The van der Waals surface area contributed by atoms with Crippen molar-refractivity contribution in [3.63, 3.8) is 0 Å². The Balaban J connectivity index is 1.91. The number of carboxylic acid groups (broad SMARTS) is 1. The average molecular weight is 242 g/mol. The molecule has 0 spiro atoms. The van der Waals surface area contributed by atoms with Gasteiger partial charge < -0.3 is 9.63 Å². The number of aromatic nitrogens is 2. The van der Waals surface area contributed by atoms with Gasteiger partial charge in [-0.2, -0.15) is 4.98 Å². The van der Waals surface area contributed by atoms with Crippen LogP contribution in [0, 0.1) is 0 Å². The monoisotopic (exact) mass is 242 g/mol. The minimum absolute atomic E-state index is 0.443. The zero-order valence-electron chi connectivity index (χ0n) is 9.27. The van der Waals surface area contributed by atoms with Gasteiger partial charge in [0, 0.05) is 5.92 Å². The summed E-state index contributed by atoms with van der Waals surface area (Å²) in [6.45, 7) is 3.34. The number of thioether (sulfide) groups is 1. The molecule has 2 rings (SSSR count). The number of carboxylic acids is 1. The molecule has 0 saturated heterocycles. The highest BCUT2D eigenvalue weighted by atomic mass is 32.2. The van der Waals surface area contributed by atoms with Gasteiger partial charge in [0.2, 0.25) is 5.89 Å². The third kappa shape index (κ3) is 2.55. The van der Waals surface area contributed by atoms with E-state index in [-0.39, 0.29) is 0 Å². The minimum atomic E-state index is -0.830. The van der Waals surface area contributed by atoms with Gasteiger partial charge in [0.1, 0.15) is 4.75 Å². The standard InChI is InChI=1S/C10H14N2O3S/c1-10(2,9(13)14)16-5-7-11-8(15-12-7)6-3-4-6/h6H,3-5H2,1-2H3,(H,13,14). The summed E-state index contributed by atoms with van der Waals surface area (Å²) >= 11 is 1.30. The molecule has 1 heterocycles. The normalized spacial score (nSPS) is 16.4. The van der Waals surface area contributed by atoms with E-state index in [1.807, 2.05) is 0 Å². The van der Waals surface area contributed by atoms with Gasteiger partial charge in [-0.25, -0.2) is 0 Å². The van der Waals surface area contributed by atoms with E-state index in [1.165, 1.54) is 11.8 Å². The number of aliphatic carboxylic acids is 1. The predicted octanol–water partition coefficient (Wildman–Crippen LogP) is 2.04. The summed E-state index contributed by atoms with van der Waals surface area (Å²) < 4.78 is 4.27. The van der Waals surface area contributed by atoms with Crippen LogP contribution in [-0.2, 0) is 10.5 Å². The third-order valence-electron chi connectivity index (χ3n) is 2.49. The summed E-state index contributed by atoms with van der Waals surface area (Å²) in [6.07, 6.45) is 2.24. The Morgan fingerprint density at radius 3 is 2.88 bits per heavy atom. The van der Waals surface area contributed by atoms with Gasteiger partial charge in [0.05, 0.1) is 5.75 Å². The van der Waals surface area contributed by atoms with E-state index in [4.69, 9.17) is 9.63 Å². The molecule has 1 aliphatic carbocycles. The first-order valence-corrected chi connectivity index (χ1v) is 6.17. The van der Waals surface area contributed by atoms with E-state index in [2.05, 4.69) is 10.1 Å². The van der Waals surface area contributed by atoms with Crippen LogP contribution >= 0.6 is 11.8 Å². The smallest absolute Gasteiger partial charge is 0.319 e. The Kier molecular flexibility index (Phi) is 2.92. The molecule has 0 radical (unpaired) electrons. The van der Waals surface area contributed by atoms with E-state index in [9.17, 15) is 4.79 Å². The molecule has 1 N–H and O–H groups in total. The molecular formula is C10H14N2O3S. The topological polar surface area (TPSA) is 76.2 Å². The number of carbonyl (C=O) groups is 1. The van der Waals surface area contributed by atoms with Gasteiger partial charge in [-0.3, -0.25) is 4.79 Å². The highest BCUT2D eigenvalue weighted by Crippen LogP contribution is 2.39. The molecule has 0 aromatic carbocycles. The van der Waals surface area contributed by atoms with E-state index < -0.39 is 10.7 Å². The summed E-state index contributed by atoms with van der Waals surface area (Å²) in [5.74, 6) is 1.36. The Bertz CT molecular complexity index is 399. The molecule has 0 aliphatic heterocycles. The lowest BCUT2D eigenvalue weighted by atomic mass is 10.2. The van der Waals surface area contributed by atoms with Crippen molar-refractivity contribution in [3.8, 4) is 0 Å². The van der Waals surface area contributed by atoms with Crippen LogP contribution in [0.2, 0.25) is 0 Å². The third-order valence-corrected chi connectivity index (χ3v) is 3.79. The van der Waals surface area contributed by atoms with Crippen LogP contribution in [0.1, 0.15) is 44.3 Å². The average Bonchev–Trinajstić information content (AvgIpc) is 2.95. The molecular weight excluding hydrogens is 228 g/mol. The number of hydrogen-bond donors (Lipinski definition) is 1. The Labute approximate surface area is 97.6 Å². The van der Waals surface area contributed by atoms with Gasteiger partial charge in [0.15, 0.2) is 5.82 Å². The number of rotatable bonds is 5. The van der Waals surface area contributed by atoms with Crippen LogP contribution in [0.15, 0.2) is 4.52 Å². The van der Waals surface area contributed by atoms with E-state index in [0.29, 0.717) is 23.4 Å². The van der Waals surface area contributed by atoms with Crippen LogP contribution in [0.4, 0.5) is 0 Å². The van der Waals surface area contributed by atoms with Gasteiger partial charge in [-0.15, -0.1) is 11.8 Å². The van der Waals surface area contributed by atoms with Gasteiger partial charge in [-0.05, 0) is 26.7 Å². The summed E-state index contributed by atoms with van der Waals surface area (Å²) in [6, 6.07) is 0. The van der Waals surface area contributed by atoms with Crippen molar-refractivity contribution in [2.45, 2.75) is 43.1 Å². The lowest BCUT2D eigenvalue weighted by molar-refractivity contribution is -0.138. The SMILES string of the molecule is CC(C)(SCc1noc(C2CC2)n1)C(=O)O. The second kappa shape index (κ2) is 4.08. The molecule has 1 aromatic rings. The molecule has 0 atom stereocenters. The van der Waals surface area contributed by atoms with Crippen molar-refractivity contribution in [3.05, 3.63) is 11.7 Å². The van der Waals surface area contributed by atoms with Crippen LogP contribution in [0.25, 0.3) is 0 Å². The maximum atomic E-state index is 10.9. The van der Waals surface area contributed by atoms with Crippen LogP contribution in [-0.4, -0.2) is 26.0 Å². The zero-order valence-corrected chi connectivity index (χ0v) is 10.1. The first-order chi connectivity index (χ1) is 7.49. The lowest BCUT2D eigenvalue weighted by Crippen LogP contribution is -2.27. The fourth-order valence-electron chi connectivity index (χ4n) is 1.13. The first kappa shape index (κ1) is 11.4. The quantitative estimate of drug-likeness (QED) is 0.851. The molecule has 1 fully saturated rings. The van der Waals surface area contributed by atoms with Gasteiger partial charge >= 0.3 is 5.97 Å². The van der Waals surface area contributed by atoms with Gasteiger partial charge in [-0.1, -0.05) is 5.16 Å². The molecule has 0 amide bonds. The molecule has 1 saturated carbocycles. The largest absolute Gasteiger partial charge is 0.480 e. The van der Waals surface area contributed by atoms with Crippen LogP contribution in [0.3, 0.4) is 0 Å². The summed E-state index contributed by atoms with van der Waals surface area (Å²) in [5, 5.41) is 12.8. The Hall–Kier alpha value is -1.04. The molecule has 5 nitrogen and oxygen atoms in total. The minimum Gasteiger partial charge on any atom is -0.480 e. The van der Waals surface area contributed by atoms with Crippen LogP contribution in [0.5, 0.6) is 0 Å². The molecule has 88 valence electrons. The molecule has 0 unspecified atom stereocenters. The summed E-state index contributed by atoms with van der Waals surface area (Å²) in [5.41, 5.74) is 0. The van der Waals surface area contributed by atoms with Crippen molar-refractivity contribution >= 4 is 17.7 Å². The maximum Gasteiger partial charge on any atom is 0.319 e. The summed E-state index contributed by atoms with van der Waals surface area (Å²) in [7, 11) is 0. The summed E-state index contributed by atoms with van der Waals surface area (Å²) in [4.78, 5) is 15.1. The maximum absolute atomic E-state index is 10.9. The highest BCUT2D eigenvalue weighted by molar-refractivity contribution is 8.00. The highest BCUT2D eigenvalue weighted by Gasteiger charge is 2.31. The molecule has 0 bridgehead atoms. The lowest BCUT2D eigenvalue weighted by Gasteiger charge is -2.16. The van der Waals surface area contributed by atoms with Crippen LogP contribution < -0.4 is 0 Å². The molecule has 6 heteroatoms. The molecule has 1 aromatic heterocycles.